The SMILES string of the molecule is CCCC[S+]([O-])N1CC=C(C(=O)OCC)[C@H]1CCc1ccccc1. The summed E-state index contributed by atoms with van der Waals surface area (Å²) < 4.78 is 19.7. The summed E-state index contributed by atoms with van der Waals surface area (Å²) in [4.78, 5) is 12.2. The molecule has 1 unspecified atom stereocenters. The van der Waals surface area contributed by atoms with E-state index in [-0.39, 0.29) is 12.0 Å². The van der Waals surface area contributed by atoms with Crippen LogP contribution < -0.4 is 0 Å². The average Bonchev–Trinajstić information content (AvgIpc) is 3.03. The molecule has 4 nitrogen and oxygen atoms in total. The van der Waals surface area contributed by atoms with E-state index in [0.29, 0.717) is 24.5 Å². The van der Waals surface area contributed by atoms with E-state index in [1.54, 1.807) is 0 Å². The van der Waals surface area contributed by atoms with Gasteiger partial charge in [-0.15, -0.1) is 4.31 Å². The van der Waals surface area contributed by atoms with Crippen LogP contribution in [0.25, 0.3) is 0 Å². The van der Waals surface area contributed by atoms with Gasteiger partial charge in [0, 0.05) is 11.4 Å². The largest absolute Gasteiger partial charge is 0.598 e. The van der Waals surface area contributed by atoms with Crippen LogP contribution in [0, 0.1) is 0 Å². The zero-order valence-electron chi connectivity index (χ0n) is 14.6. The van der Waals surface area contributed by atoms with Crippen LogP contribution in [0.2, 0.25) is 0 Å². The van der Waals surface area contributed by atoms with Crippen molar-refractivity contribution in [3.63, 3.8) is 0 Å². The summed E-state index contributed by atoms with van der Waals surface area (Å²) in [5.74, 6) is 0.382. The third kappa shape index (κ3) is 5.10. The molecule has 0 saturated heterocycles. The van der Waals surface area contributed by atoms with Gasteiger partial charge >= 0.3 is 5.97 Å². The molecule has 0 spiro atoms. The van der Waals surface area contributed by atoms with E-state index in [1.165, 1.54) is 5.56 Å². The molecule has 0 aliphatic carbocycles. The third-order valence-corrected chi connectivity index (χ3v) is 5.76. The van der Waals surface area contributed by atoms with E-state index in [4.69, 9.17) is 4.74 Å². The lowest BCUT2D eigenvalue weighted by Crippen LogP contribution is -2.40. The topological polar surface area (TPSA) is 52.6 Å². The summed E-state index contributed by atoms with van der Waals surface area (Å²) in [6, 6.07) is 10.1. The summed E-state index contributed by atoms with van der Waals surface area (Å²) in [5.41, 5.74) is 1.89. The zero-order valence-corrected chi connectivity index (χ0v) is 15.4. The van der Waals surface area contributed by atoms with Gasteiger partial charge in [-0.25, -0.2) is 4.79 Å². The number of aryl methyl sites for hydroxylation is 1. The van der Waals surface area contributed by atoms with Gasteiger partial charge in [-0.1, -0.05) is 49.8 Å². The molecule has 2 rings (SSSR count). The van der Waals surface area contributed by atoms with Crippen molar-refractivity contribution in [2.24, 2.45) is 0 Å². The Morgan fingerprint density at radius 1 is 1.33 bits per heavy atom. The van der Waals surface area contributed by atoms with E-state index in [2.05, 4.69) is 19.1 Å². The van der Waals surface area contributed by atoms with Crippen molar-refractivity contribution in [1.82, 2.24) is 4.31 Å². The van der Waals surface area contributed by atoms with E-state index >= 15 is 0 Å². The van der Waals surface area contributed by atoms with Crippen molar-refractivity contribution < 1.29 is 14.1 Å². The normalized spacial score (nSPS) is 19.1. The average molecular weight is 349 g/mol. The second kappa shape index (κ2) is 9.87. The number of carbonyl (C=O) groups is 1. The quantitative estimate of drug-likeness (QED) is 0.507. The lowest BCUT2D eigenvalue weighted by Gasteiger charge is -2.27. The molecular formula is C19H27NO3S. The fourth-order valence-electron chi connectivity index (χ4n) is 2.90. The van der Waals surface area contributed by atoms with E-state index in [0.717, 1.165) is 25.7 Å². The Morgan fingerprint density at radius 2 is 2.08 bits per heavy atom. The number of rotatable bonds is 9. The van der Waals surface area contributed by atoms with Crippen LogP contribution >= 0.6 is 0 Å². The van der Waals surface area contributed by atoms with Crippen molar-refractivity contribution in [2.45, 2.75) is 45.6 Å². The number of hydrogen-bond donors (Lipinski definition) is 0. The van der Waals surface area contributed by atoms with Crippen molar-refractivity contribution in [2.75, 3.05) is 18.9 Å². The number of hydrogen-bond acceptors (Lipinski definition) is 4. The number of unbranched alkanes of at least 4 members (excludes halogenated alkanes) is 1. The number of carbonyl (C=O) groups excluding carboxylic acids is 1. The van der Waals surface area contributed by atoms with Crippen LogP contribution in [-0.2, 0) is 27.3 Å². The molecular weight excluding hydrogens is 322 g/mol. The summed E-state index contributed by atoms with van der Waals surface area (Å²) >= 11 is -1.05. The third-order valence-electron chi connectivity index (χ3n) is 4.19. The van der Waals surface area contributed by atoms with Crippen LogP contribution in [0.4, 0.5) is 0 Å². The molecule has 0 bridgehead atoms. The standard InChI is InChI=1S/C19H27NO3S/c1-3-5-15-24(22)20-14-13-17(19(21)23-4-2)18(20)12-11-16-9-7-6-8-10-16/h6-10,13,18H,3-5,11-12,14-15H2,1-2H3/t18-,24?/m1/s1. The van der Waals surface area contributed by atoms with Gasteiger partial charge in [0.15, 0.2) is 0 Å². The van der Waals surface area contributed by atoms with E-state index in [1.807, 2.05) is 35.5 Å². The smallest absolute Gasteiger partial charge is 0.335 e. The molecule has 1 aliphatic rings. The predicted octanol–water partition coefficient (Wildman–Crippen LogP) is 3.26. The first-order valence-corrected chi connectivity index (χ1v) is 10.0. The van der Waals surface area contributed by atoms with Gasteiger partial charge in [-0.05, 0) is 31.7 Å². The second-order valence-electron chi connectivity index (χ2n) is 5.90. The van der Waals surface area contributed by atoms with E-state index in [9.17, 15) is 9.35 Å². The Kier molecular flexibility index (Phi) is 7.82. The number of benzene rings is 1. The molecule has 0 N–H and O–H groups in total. The molecule has 1 heterocycles. The van der Waals surface area contributed by atoms with Gasteiger partial charge in [0.05, 0.1) is 24.8 Å². The highest BCUT2D eigenvalue weighted by molar-refractivity contribution is 7.89. The molecule has 0 aromatic heterocycles. The minimum atomic E-state index is -1.05. The Balaban J connectivity index is 2.06. The van der Waals surface area contributed by atoms with Crippen LogP contribution in [0.15, 0.2) is 42.0 Å². The van der Waals surface area contributed by atoms with Gasteiger partial charge in [0.25, 0.3) is 0 Å². The van der Waals surface area contributed by atoms with E-state index < -0.39 is 11.4 Å². The second-order valence-corrected chi connectivity index (χ2v) is 7.42. The first-order chi connectivity index (χ1) is 11.7. The molecule has 2 atom stereocenters. The Hall–Kier alpha value is -1.30. The maximum absolute atomic E-state index is 12.6. The Bertz CT molecular complexity index is 547. The summed E-state index contributed by atoms with van der Waals surface area (Å²) in [6.07, 6.45) is 5.46. The molecule has 1 aromatic carbocycles. The molecule has 0 saturated carbocycles. The molecule has 0 fully saturated rings. The maximum atomic E-state index is 12.6. The molecule has 1 aromatic rings. The highest BCUT2D eigenvalue weighted by Crippen LogP contribution is 2.27. The first-order valence-electron chi connectivity index (χ1n) is 8.73. The van der Waals surface area contributed by atoms with Crippen molar-refractivity contribution in [1.29, 1.82) is 0 Å². The summed E-state index contributed by atoms with van der Waals surface area (Å²) in [7, 11) is 0. The van der Waals surface area contributed by atoms with Crippen LogP contribution in [-0.4, -0.2) is 39.8 Å². The fourth-order valence-corrected chi connectivity index (χ4v) is 4.41. The molecule has 0 amide bonds. The van der Waals surface area contributed by atoms with Crippen molar-refractivity contribution in [3.8, 4) is 0 Å². The zero-order chi connectivity index (χ0) is 17.4. The van der Waals surface area contributed by atoms with Gasteiger partial charge < -0.3 is 9.29 Å². The van der Waals surface area contributed by atoms with Crippen molar-refractivity contribution >= 4 is 17.3 Å². The van der Waals surface area contributed by atoms with Crippen LogP contribution in [0.3, 0.4) is 0 Å². The fraction of sp³-hybridized carbons (Fsp3) is 0.526. The van der Waals surface area contributed by atoms with Crippen LogP contribution in [0.1, 0.15) is 38.7 Å². The molecule has 1 aliphatic heterocycles. The molecule has 24 heavy (non-hydrogen) atoms. The lowest BCUT2D eigenvalue weighted by molar-refractivity contribution is -0.138. The van der Waals surface area contributed by atoms with Gasteiger partial charge in [-0.2, -0.15) is 0 Å². The maximum Gasteiger partial charge on any atom is 0.335 e. The molecule has 5 heteroatoms. The number of ether oxygens (including phenoxy) is 1. The molecule has 0 radical (unpaired) electrons. The monoisotopic (exact) mass is 349 g/mol. The minimum absolute atomic E-state index is 0.123. The number of nitrogens with zero attached hydrogens (tertiary/aromatic N) is 1. The summed E-state index contributed by atoms with van der Waals surface area (Å²) in [6.45, 7) is 4.82. The number of esters is 1. The lowest BCUT2D eigenvalue weighted by atomic mass is 10.0. The van der Waals surface area contributed by atoms with Gasteiger partial charge in [-0.3, -0.25) is 0 Å². The Morgan fingerprint density at radius 3 is 2.75 bits per heavy atom. The Labute approximate surface area is 148 Å². The van der Waals surface area contributed by atoms with Crippen LogP contribution in [0.5, 0.6) is 0 Å². The minimum Gasteiger partial charge on any atom is -0.598 e. The predicted molar refractivity (Wildman–Crippen MR) is 97.9 cm³/mol. The van der Waals surface area contributed by atoms with Crippen molar-refractivity contribution in [3.05, 3.63) is 47.5 Å². The highest BCUT2D eigenvalue weighted by Gasteiger charge is 2.38. The molecule has 132 valence electrons. The summed E-state index contributed by atoms with van der Waals surface area (Å²) in [5, 5.41) is 0. The van der Waals surface area contributed by atoms with Gasteiger partial charge in [0.1, 0.15) is 5.75 Å². The first kappa shape index (κ1) is 19.0. The highest BCUT2D eigenvalue weighted by atomic mass is 32.2. The van der Waals surface area contributed by atoms with Gasteiger partial charge in [0.2, 0.25) is 0 Å².